The first-order valence-corrected chi connectivity index (χ1v) is 9.51. The summed E-state index contributed by atoms with van der Waals surface area (Å²) in [4.78, 5) is 24.3. The first-order valence-electron chi connectivity index (χ1n) is 9.51. The van der Waals surface area contributed by atoms with Gasteiger partial charge in [-0.2, -0.15) is 0 Å². The topological polar surface area (TPSA) is 76.7 Å². The van der Waals surface area contributed by atoms with E-state index in [1.54, 1.807) is 31.2 Å². The molecule has 0 aliphatic rings. The van der Waals surface area contributed by atoms with Crippen molar-refractivity contribution in [2.24, 2.45) is 0 Å². The summed E-state index contributed by atoms with van der Waals surface area (Å²) in [5, 5.41) is 2.18. The van der Waals surface area contributed by atoms with Crippen LogP contribution < -0.4 is 20.3 Å². The lowest BCUT2D eigenvalue weighted by molar-refractivity contribution is -0.132. The van der Waals surface area contributed by atoms with Gasteiger partial charge in [0.15, 0.2) is 6.10 Å². The van der Waals surface area contributed by atoms with E-state index in [-0.39, 0.29) is 12.3 Å². The van der Waals surface area contributed by atoms with Crippen molar-refractivity contribution in [1.82, 2.24) is 10.9 Å². The number of nitrogens with one attached hydrogen (secondary N) is 2. The van der Waals surface area contributed by atoms with Gasteiger partial charge < -0.3 is 9.47 Å². The molecule has 0 fully saturated rings. The second-order valence-electron chi connectivity index (χ2n) is 6.56. The van der Waals surface area contributed by atoms with Gasteiger partial charge in [-0.15, -0.1) is 0 Å². The number of ether oxygens (including phenoxy) is 2. The van der Waals surface area contributed by atoms with Gasteiger partial charge in [0, 0.05) is 0 Å². The van der Waals surface area contributed by atoms with Crippen molar-refractivity contribution in [3.63, 3.8) is 0 Å². The second-order valence-corrected chi connectivity index (χ2v) is 6.56. The van der Waals surface area contributed by atoms with Crippen molar-refractivity contribution in [2.45, 2.75) is 26.4 Å². The second kappa shape index (κ2) is 9.59. The quantitative estimate of drug-likeness (QED) is 0.604. The molecule has 0 heterocycles. The highest BCUT2D eigenvalue weighted by Gasteiger charge is 2.15. The van der Waals surface area contributed by atoms with Crippen LogP contribution in [0, 0.1) is 0 Å². The lowest BCUT2D eigenvalue weighted by atomic mass is 10.1. The van der Waals surface area contributed by atoms with Gasteiger partial charge >= 0.3 is 0 Å². The van der Waals surface area contributed by atoms with Crippen molar-refractivity contribution in [2.75, 3.05) is 6.61 Å². The molecule has 0 saturated carbocycles. The van der Waals surface area contributed by atoms with E-state index in [1.165, 1.54) is 0 Å². The molecule has 6 heteroatoms. The molecule has 3 aromatic carbocycles. The van der Waals surface area contributed by atoms with Crippen molar-refractivity contribution in [1.29, 1.82) is 0 Å². The third-order valence-electron chi connectivity index (χ3n) is 4.32. The van der Waals surface area contributed by atoms with Crippen molar-refractivity contribution >= 4 is 22.6 Å². The Morgan fingerprint density at radius 2 is 1.59 bits per heavy atom. The summed E-state index contributed by atoms with van der Waals surface area (Å²) in [7, 11) is 0. The van der Waals surface area contributed by atoms with E-state index >= 15 is 0 Å². The number of rotatable bonds is 7. The maximum absolute atomic E-state index is 12.2. The van der Waals surface area contributed by atoms with Gasteiger partial charge in [0.2, 0.25) is 5.91 Å². The van der Waals surface area contributed by atoms with Crippen LogP contribution in [0.2, 0.25) is 0 Å². The van der Waals surface area contributed by atoms with Crippen molar-refractivity contribution < 1.29 is 19.1 Å². The van der Waals surface area contributed by atoms with Crippen LogP contribution in [0.1, 0.15) is 19.4 Å². The molecule has 1 atom stereocenters. The molecule has 0 aromatic heterocycles. The van der Waals surface area contributed by atoms with E-state index in [2.05, 4.69) is 10.9 Å². The normalized spacial score (nSPS) is 11.5. The molecule has 29 heavy (non-hydrogen) atoms. The summed E-state index contributed by atoms with van der Waals surface area (Å²) in [6, 6.07) is 20.8. The first kappa shape index (κ1) is 20.2. The molecule has 0 spiro atoms. The predicted molar refractivity (Wildman–Crippen MR) is 112 cm³/mol. The Balaban J connectivity index is 1.47. The number of carbonyl (C=O) groups is 2. The highest BCUT2D eigenvalue weighted by molar-refractivity contribution is 5.87. The van der Waals surface area contributed by atoms with Gasteiger partial charge in [-0.1, -0.05) is 42.5 Å². The van der Waals surface area contributed by atoms with Crippen LogP contribution in [-0.2, 0) is 16.0 Å². The van der Waals surface area contributed by atoms with Crippen LogP contribution in [0.25, 0.3) is 10.8 Å². The Bertz CT molecular complexity index is 986. The van der Waals surface area contributed by atoms with E-state index in [1.807, 2.05) is 49.4 Å². The van der Waals surface area contributed by atoms with Gasteiger partial charge in [0.05, 0.1) is 13.0 Å². The molecule has 3 rings (SSSR count). The van der Waals surface area contributed by atoms with Crippen LogP contribution in [-0.4, -0.2) is 24.5 Å². The fraction of sp³-hybridized carbons (Fsp3) is 0.217. The number of carbonyl (C=O) groups excluding carboxylic acids is 2. The summed E-state index contributed by atoms with van der Waals surface area (Å²) in [6.07, 6.45) is -0.604. The molecule has 150 valence electrons. The Morgan fingerprint density at radius 1 is 0.897 bits per heavy atom. The smallest absolute Gasteiger partial charge is 0.279 e. The van der Waals surface area contributed by atoms with Gasteiger partial charge in [-0.05, 0) is 54.4 Å². The molecule has 2 amide bonds. The molecule has 3 aromatic rings. The minimum absolute atomic E-state index is 0.166. The number of hydrogen-bond acceptors (Lipinski definition) is 4. The zero-order valence-electron chi connectivity index (χ0n) is 16.5. The molecular weight excluding hydrogens is 368 g/mol. The lowest BCUT2D eigenvalue weighted by Gasteiger charge is -2.15. The summed E-state index contributed by atoms with van der Waals surface area (Å²) in [5.74, 6) is 0.532. The van der Waals surface area contributed by atoms with E-state index in [4.69, 9.17) is 9.47 Å². The lowest BCUT2D eigenvalue weighted by Crippen LogP contribution is -2.47. The molecule has 1 unspecified atom stereocenters. The summed E-state index contributed by atoms with van der Waals surface area (Å²) >= 11 is 0. The average Bonchev–Trinajstić information content (AvgIpc) is 2.73. The Labute approximate surface area is 169 Å². The SMILES string of the molecule is CCOc1ccc(OC(C)C(=O)NNC(=O)Cc2ccc3ccccc3c2)cc1. The van der Waals surface area contributed by atoms with Gasteiger partial charge in [0.25, 0.3) is 5.91 Å². The molecule has 0 saturated heterocycles. The summed E-state index contributed by atoms with van der Waals surface area (Å²) in [5.41, 5.74) is 5.71. The molecule has 2 N–H and O–H groups in total. The van der Waals surface area contributed by atoms with E-state index in [0.29, 0.717) is 12.4 Å². The zero-order chi connectivity index (χ0) is 20.6. The van der Waals surface area contributed by atoms with Crippen molar-refractivity contribution in [3.8, 4) is 11.5 Å². The zero-order valence-corrected chi connectivity index (χ0v) is 16.5. The minimum atomic E-state index is -0.770. The highest BCUT2D eigenvalue weighted by Crippen LogP contribution is 2.19. The molecule has 0 bridgehead atoms. The maximum atomic E-state index is 12.2. The fourth-order valence-electron chi connectivity index (χ4n) is 2.85. The number of hydrazine groups is 1. The third-order valence-corrected chi connectivity index (χ3v) is 4.32. The fourth-order valence-corrected chi connectivity index (χ4v) is 2.85. The van der Waals surface area contributed by atoms with Crippen LogP contribution in [0.5, 0.6) is 11.5 Å². The highest BCUT2D eigenvalue weighted by atomic mass is 16.5. The minimum Gasteiger partial charge on any atom is -0.494 e. The summed E-state index contributed by atoms with van der Waals surface area (Å²) in [6.45, 7) is 4.10. The van der Waals surface area contributed by atoms with Gasteiger partial charge in [-0.3, -0.25) is 20.4 Å². The van der Waals surface area contributed by atoms with Crippen molar-refractivity contribution in [3.05, 3.63) is 72.3 Å². The Hall–Kier alpha value is -3.54. The van der Waals surface area contributed by atoms with Crippen LogP contribution in [0.4, 0.5) is 0 Å². The monoisotopic (exact) mass is 392 g/mol. The number of fused-ring (bicyclic) bond motifs is 1. The van der Waals surface area contributed by atoms with Gasteiger partial charge in [0.1, 0.15) is 11.5 Å². The van der Waals surface area contributed by atoms with E-state index < -0.39 is 12.0 Å². The van der Waals surface area contributed by atoms with E-state index in [9.17, 15) is 9.59 Å². The molecule has 0 aliphatic heterocycles. The number of benzene rings is 3. The first-order chi connectivity index (χ1) is 14.0. The van der Waals surface area contributed by atoms with E-state index in [0.717, 1.165) is 22.1 Å². The van der Waals surface area contributed by atoms with Crippen LogP contribution >= 0.6 is 0 Å². The maximum Gasteiger partial charge on any atom is 0.279 e. The molecule has 0 aliphatic carbocycles. The number of amides is 2. The van der Waals surface area contributed by atoms with Crippen LogP contribution in [0.15, 0.2) is 66.7 Å². The largest absolute Gasteiger partial charge is 0.494 e. The van der Waals surface area contributed by atoms with Gasteiger partial charge in [-0.25, -0.2) is 0 Å². The standard InChI is InChI=1S/C23H24N2O4/c1-3-28-20-10-12-21(13-11-20)29-16(2)23(27)25-24-22(26)15-17-8-9-18-6-4-5-7-19(18)14-17/h4-14,16H,3,15H2,1-2H3,(H,24,26)(H,25,27). The predicted octanol–water partition coefficient (Wildman–Crippen LogP) is 3.40. The molecule has 6 nitrogen and oxygen atoms in total. The molecule has 0 radical (unpaired) electrons. The average molecular weight is 392 g/mol. The third kappa shape index (κ3) is 5.72. The van der Waals surface area contributed by atoms with Crippen LogP contribution in [0.3, 0.4) is 0 Å². The molecular formula is C23H24N2O4. The summed E-state index contributed by atoms with van der Waals surface area (Å²) < 4.78 is 11.0. The Morgan fingerprint density at radius 3 is 2.31 bits per heavy atom. The Kier molecular flexibility index (Phi) is 6.68. The number of hydrogen-bond donors (Lipinski definition) is 2.